The predicted octanol–water partition coefficient (Wildman–Crippen LogP) is -0.939. The summed E-state index contributed by atoms with van der Waals surface area (Å²) >= 11 is 0. The van der Waals surface area contributed by atoms with Gasteiger partial charge in [-0.05, 0) is 12.1 Å². The van der Waals surface area contributed by atoms with Gasteiger partial charge >= 0.3 is 0 Å². The summed E-state index contributed by atoms with van der Waals surface area (Å²) in [6.07, 6.45) is 1.09. The summed E-state index contributed by atoms with van der Waals surface area (Å²) < 4.78 is 37.2. The van der Waals surface area contributed by atoms with Crippen LogP contribution in [0.4, 0.5) is 5.69 Å². The molecule has 106 valence electrons. The highest BCUT2D eigenvalue weighted by atomic mass is 32.2. The van der Waals surface area contributed by atoms with E-state index >= 15 is 0 Å². The summed E-state index contributed by atoms with van der Waals surface area (Å²) in [6.45, 7) is 1.49. The highest BCUT2D eigenvalue weighted by molar-refractivity contribution is 7.89. The molecule has 2 rings (SSSR count). The van der Waals surface area contributed by atoms with Crippen molar-refractivity contribution in [2.75, 3.05) is 31.8 Å². The number of hydrogen-bond acceptors (Lipinski definition) is 7. The largest absolute Gasteiger partial charge is 0.376 e. The van der Waals surface area contributed by atoms with Crippen molar-refractivity contribution in [3.05, 3.63) is 18.3 Å². The molecule has 0 amide bonds. The highest BCUT2D eigenvalue weighted by Gasteiger charge is 2.22. The third-order valence-electron chi connectivity index (χ3n) is 2.57. The molecule has 1 aromatic rings. The Morgan fingerprint density at radius 1 is 1.47 bits per heavy atom. The monoisotopic (exact) mass is 288 g/mol. The van der Waals surface area contributed by atoms with Gasteiger partial charge in [0.05, 0.1) is 31.6 Å². The average Bonchev–Trinajstić information content (AvgIpc) is 2.46. The van der Waals surface area contributed by atoms with Crippen molar-refractivity contribution in [3.8, 4) is 0 Å². The molecule has 0 aliphatic carbocycles. The molecule has 1 atom stereocenters. The zero-order chi connectivity index (χ0) is 13.7. The third kappa shape index (κ3) is 3.61. The van der Waals surface area contributed by atoms with Crippen LogP contribution in [0.5, 0.6) is 0 Å². The van der Waals surface area contributed by atoms with E-state index in [2.05, 4.69) is 15.1 Å². The van der Waals surface area contributed by atoms with Gasteiger partial charge in [-0.3, -0.25) is 5.84 Å². The highest BCUT2D eigenvalue weighted by Crippen LogP contribution is 2.16. The van der Waals surface area contributed by atoms with Gasteiger partial charge in [0.25, 0.3) is 10.0 Å². The zero-order valence-corrected chi connectivity index (χ0v) is 11.0. The first kappa shape index (κ1) is 14.2. The Balaban J connectivity index is 2.05. The number of hydrogen-bond donors (Lipinski definition) is 3. The van der Waals surface area contributed by atoms with Gasteiger partial charge in [-0.25, -0.2) is 18.1 Å². The molecular weight excluding hydrogens is 272 g/mol. The van der Waals surface area contributed by atoms with E-state index in [0.717, 1.165) is 0 Å². The molecule has 8 nitrogen and oxygen atoms in total. The topological polar surface area (TPSA) is 116 Å². The molecular formula is C10H16N4O4S. The molecule has 0 spiro atoms. The Bertz CT molecular complexity index is 516. The van der Waals surface area contributed by atoms with Crippen LogP contribution in [-0.2, 0) is 19.5 Å². The number of nitrogen functional groups attached to an aromatic ring is 1. The van der Waals surface area contributed by atoms with Crippen molar-refractivity contribution in [1.29, 1.82) is 0 Å². The lowest BCUT2D eigenvalue weighted by Gasteiger charge is -2.23. The zero-order valence-electron chi connectivity index (χ0n) is 10.2. The number of nitrogens with zero attached hydrogens (tertiary/aromatic N) is 1. The molecule has 1 aliphatic rings. The van der Waals surface area contributed by atoms with Gasteiger partial charge in [0, 0.05) is 12.7 Å². The molecule has 0 aromatic carbocycles. The molecule has 4 N–H and O–H groups in total. The molecule has 1 aromatic heterocycles. The van der Waals surface area contributed by atoms with Gasteiger partial charge in [0.1, 0.15) is 0 Å². The molecule has 1 saturated heterocycles. The number of aromatic nitrogens is 1. The summed E-state index contributed by atoms with van der Waals surface area (Å²) in [7, 11) is -3.74. The van der Waals surface area contributed by atoms with E-state index in [1.165, 1.54) is 12.3 Å². The molecule has 1 fully saturated rings. The first-order valence-electron chi connectivity index (χ1n) is 5.74. The van der Waals surface area contributed by atoms with Crippen molar-refractivity contribution >= 4 is 15.7 Å². The van der Waals surface area contributed by atoms with E-state index in [-0.39, 0.29) is 23.4 Å². The minimum absolute atomic E-state index is 0.128. The summed E-state index contributed by atoms with van der Waals surface area (Å²) in [5, 5.41) is -0.144. The quantitative estimate of drug-likeness (QED) is 0.473. The number of sulfonamides is 1. The Kier molecular flexibility index (Phi) is 4.66. The van der Waals surface area contributed by atoms with E-state index in [0.29, 0.717) is 19.8 Å². The molecule has 1 unspecified atom stereocenters. The minimum atomic E-state index is -3.74. The van der Waals surface area contributed by atoms with Crippen LogP contribution in [0, 0.1) is 0 Å². The predicted molar refractivity (Wildman–Crippen MR) is 67.8 cm³/mol. The van der Waals surface area contributed by atoms with Gasteiger partial charge in [-0.15, -0.1) is 0 Å². The SMILES string of the molecule is NNc1cccnc1S(=O)(=O)NCC1COCCO1. The van der Waals surface area contributed by atoms with Crippen LogP contribution in [0.15, 0.2) is 23.4 Å². The van der Waals surface area contributed by atoms with E-state index < -0.39 is 10.0 Å². The van der Waals surface area contributed by atoms with Gasteiger partial charge in [-0.1, -0.05) is 0 Å². The number of nitrogens with one attached hydrogen (secondary N) is 2. The fourth-order valence-electron chi connectivity index (χ4n) is 1.64. The van der Waals surface area contributed by atoms with Gasteiger partial charge in [0.15, 0.2) is 5.03 Å². The number of nitrogens with two attached hydrogens (primary N) is 1. The second-order valence-corrected chi connectivity index (χ2v) is 5.60. The lowest BCUT2D eigenvalue weighted by Crippen LogP contribution is -2.40. The van der Waals surface area contributed by atoms with Crippen LogP contribution < -0.4 is 16.0 Å². The number of rotatable bonds is 5. The van der Waals surface area contributed by atoms with Crippen LogP contribution in [-0.4, -0.2) is 45.9 Å². The molecule has 0 bridgehead atoms. The average molecular weight is 288 g/mol. The van der Waals surface area contributed by atoms with Gasteiger partial charge < -0.3 is 14.9 Å². The summed E-state index contributed by atoms with van der Waals surface area (Å²) in [5.74, 6) is 5.26. The number of ether oxygens (including phenoxy) is 2. The van der Waals surface area contributed by atoms with Crippen molar-refractivity contribution in [2.45, 2.75) is 11.1 Å². The Morgan fingerprint density at radius 3 is 3.00 bits per heavy atom. The molecule has 9 heteroatoms. The molecule has 0 radical (unpaired) electrons. The summed E-state index contributed by atoms with van der Waals surface area (Å²) in [4.78, 5) is 3.82. The van der Waals surface area contributed by atoms with E-state index in [9.17, 15) is 8.42 Å². The maximum absolute atomic E-state index is 12.1. The molecule has 1 aliphatic heterocycles. The molecule has 0 saturated carbocycles. The summed E-state index contributed by atoms with van der Waals surface area (Å²) in [6, 6.07) is 3.12. The standard InChI is InChI=1S/C10H16N4O4S/c11-14-9-2-1-3-12-10(9)19(15,16)13-6-8-7-17-4-5-18-8/h1-3,8,13-14H,4-7,11H2. The molecule has 19 heavy (non-hydrogen) atoms. The Hall–Kier alpha value is -1.26. The van der Waals surface area contributed by atoms with E-state index in [4.69, 9.17) is 15.3 Å². The van der Waals surface area contributed by atoms with Crippen LogP contribution in [0.2, 0.25) is 0 Å². The fourth-order valence-corrected chi connectivity index (χ4v) is 2.80. The number of pyridine rings is 1. The Morgan fingerprint density at radius 2 is 2.32 bits per heavy atom. The minimum Gasteiger partial charge on any atom is -0.376 e. The normalized spacial score (nSPS) is 20.2. The van der Waals surface area contributed by atoms with Crippen molar-refractivity contribution in [2.24, 2.45) is 5.84 Å². The van der Waals surface area contributed by atoms with Crippen LogP contribution in [0.25, 0.3) is 0 Å². The van der Waals surface area contributed by atoms with Crippen molar-refractivity contribution < 1.29 is 17.9 Å². The number of hydrazine groups is 1. The number of anilines is 1. The van der Waals surface area contributed by atoms with Crippen LogP contribution in [0.3, 0.4) is 0 Å². The fraction of sp³-hybridized carbons (Fsp3) is 0.500. The third-order valence-corrected chi connectivity index (χ3v) is 3.95. The van der Waals surface area contributed by atoms with Gasteiger partial charge in [-0.2, -0.15) is 0 Å². The van der Waals surface area contributed by atoms with Crippen molar-refractivity contribution in [3.63, 3.8) is 0 Å². The van der Waals surface area contributed by atoms with E-state index in [1.54, 1.807) is 6.07 Å². The Labute approximate surface area is 111 Å². The van der Waals surface area contributed by atoms with Crippen molar-refractivity contribution in [1.82, 2.24) is 9.71 Å². The van der Waals surface area contributed by atoms with Gasteiger partial charge in [0.2, 0.25) is 0 Å². The maximum Gasteiger partial charge on any atom is 0.260 e. The maximum atomic E-state index is 12.1. The first-order chi connectivity index (χ1) is 9.13. The van der Waals surface area contributed by atoms with E-state index in [1.807, 2.05) is 0 Å². The first-order valence-corrected chi connectivity index (χ1v) is 7.22. The van der Waals surface area contributed by atoms with Crippen LogP contribution >= 0.6 is 0 Å². The molecule has 2 heterocycles. The lowest BCUT2D eigenvalue weighted by molar-refractivity contribution is -0.0847. The van der Waals surface area contributed by atoms with Crippen LogP contribution in [0.1, 0.15) is 0 Å². The summed E-state index contributed by atoms with van der Waals surface area (Å²) in [5.41, 5.74) is 2.53. The second kappa shape index (κ2) is 6.26. The lowest BCUT2D eigenvalue weighted by atomic mass is 10.3. The smallest absolute Gasteiger partial charge is 0.260 e. The second-order valence-electron chi connectivity index (χ2n) is 3.92.